The largest absolute Gasteiger partial charge is 0.631 e. The zero-order valence-electron chi connectivity index (χ0n) is 30.2. The van der Waals surface area contributed by atoms with Crippen molar-refractivity contribution in [3.8, 4) is 0 Å². The predicted octanol–water partition coefficient (Wildman–Crippen LogP) is 10.5. The van der Waals surface area contributed by atoms with Gasteiger partial charge >= 0.3 is 13.3 Å². The lowest BCUT2D eigenvalue weighted by Gasteiger charge is -2.02. The number of carboxylic acid groups (broad SMARTS) is 1. The summed E-state index contributed by atoms with van der Waals surface area (Å²) in [4.78, 5) is 14.6. The third kappa shape index (κ3) is 46.8. The molecule has 0 unspecified atom stereocenters. The Morgan fingerprint density at radius 2 is 0.957 bits per heavy atom. The van der Waals surface area contributed by atoms with Crippen LogP contribution in [-0.2, 0) is 9.53 Å². The fraction of sp³-hybridized carbons (Fsp3) is 0.842. The number of aliphatic imine (C=N–C) groups is 1. The molecular weight excluding hydrogens is 577 g/mol. The minimum Gasteiger partial charge on any atom is -0.481 e. The first-order valence-electron chi connectivity index (χ1n) is 19.2. The van der Waals surface area contributed by atoms with Gasteiger partial charge in [0.2, 0.25) is 5.90 Å². The highest BCUT2D eigenvalue weighted by atomic mass is 16.5. The predicted molar refractivity (Wildman–Crippen MR) is 197 cm³/mol. The quantitative estimate of drug-likeness (QED) is 0.0349. The molecule has 46 heavy (non-hydrogen) atoms. The van der Waals surface area contributed by atoms with Crippen LogP contribution in [0.1, 0.15) is 194 Å². The summed E-state index contributed by atoms with van der Waals surface area (Å²) in [5.74, 6) is 0.164. The summed E-state index contributed by atoms with van der Waals surface area (Å²) in [5, 5.41) is 30.0. The van der Waals surface area contributed by atoms with Gasteiger partial charge in [-0.25, -0.2) is 4.99 Å². The fourth-order valence-electron chi connectivity index (χ4n) is 5.26. The van der Waals surface area contributed by atoms with Crippen LogP contribution in [0.15, 0.2) is 29.3 Å². The number of ether oxygens (including phenoxy) is 1. The molecule has 4 N–H and O–H groups in total. The molecule has 1 aliphatic heterocycles. The van der Waals surface area contributed by atoms with Crippen molar-refractivity contribution in [2.45, 2.75) is 194 Å². The molecule has 7 nitrogen and oxygen atoms in total. The first-order chi connectivity index (χ1) is 22.4. The number of hydrogen-bond donors (Lipinski definition) is 4. The van der Waals surface area contributed by atoms with Gasteiger partial charge in [0, 0.05) is 6.42 Å². The Bertz CT molecular complexity index is 696. The number of hydrogen-bond acceptors (Lipinski definition) is 6. The van der Waals surface area contributed by atoms with Crippen molar-refractivity contribution in [1.29, 1.82) is 0 Å². The van der Waals surface area contributed by atoms with Gasteiger partial charge in [-0.2, -0.15) is 0 Å². The first kappa shape index (κ1) is 46.5. The molecule has 0 saturated carbocycles. The summed E-state index contributed by atoms with van der Waals surface area (Å²) in [6, 6.07) is 0. The van der Waals surface area contributed by atoms with E-state index >= 15 is 0 Å². The molecule has 0 aromatic rings. The number of nitrogens with zero attached hydrogens (tertiary/aromatic N) is 1. The Morgan fingerprint density at radius 1 is 0.609 bits per heavy atom. The van der Waals surface area contributed by atoms with Gasteiger partial charge in [-0.1, -0.05) is 160 Å². The first-order valence-corrected chi connectivity index (χ1v) is 19.2. The lowest BCUT2D eigenvalue weighted by Crippen LogP contribution is -2.07. The number of carboxylic acids is 1. The van der Waals surface area contributed by atoms with Crippen molar-refractivity contribution in [2.24, 2.45) is 4.99 Å². The van der Waals surface area contributed by atoms with Crippen LogP contribution in [0.4, 0.5) is 0 Å². The average Bonchev–Trinajstić information content (AvgIpc) is 3.55. The van der Waals surface area contributed by atoms with Crippen LogP contribution in [0.5, 0.6) is 0 Å². The second-order valence-electron chi connectivity index (χ2n) is 12.6. The van der Waals surface area contributed by atoms with Gasteiger partial charge in [-0.05, 0) is 51.0 Å². The molecule has 1 aliphatic rings. The van der Waals surface area contributed by atoms with Crippen LogP contribution in [0.3, 0.4) is 0 Å². The molecule has 1 rings (SSSR count). The van der Waals surface area contributed by atoms with Crippen LogP contribution in [0.25, 0.3) is 0 Å². The van der Waals surface area contributed by atoms with E-state index in [1.54, 1.807) is 0 Å². The normalized spacial score (nSPS) is 12.4. The Morgan fingerprint density at radius 3 is 1.30 bits per heavy atom. The molecule has 0 bridgehead atoms. The molecule has 0 fully saturated rings. The Balaban J connectivity index is 0. The molecule has 0 aromatic heterocycles. The smallest absolute Gasteiger partial charge is 0.481 e. The van der Waals surface area contributed by atoms with Crippen LogP contribution < -0.4 is 0 Å². The zero-order valence-corrected chi connectivity index (χ0v) is 30.2. The van der Waals surface area contributed by atoms with Crippen LogP contribution in [0.2, 0.25) is 0 Å². The SMILES string of the molecule is CCCCCCCC/C=C\CCCCCCCC(=O)O.CCCCCCCCCCCCCCCC=CC1=NCCO1.OB(O)O. The van der Waals surface area contributed by atoms with Crippen LogP contribution >= 0.6 is 0 Å². The maximum absolute atomic E-state index is 10.3. The van der Waals surface area contributed by atoms with Crippen LogP contribution in [0, 0.1) is 0 Å². The minimum absolute atomic E-state index is 0.332. The number of unbranched alkanes of at least 4 members (excludes halogenated alkanes) is 24. The van der Waals surface area contributed by atoms with Crippen molar-refractivity contribution < 1.29 is 29.7 Å². The number of aliphatic carboxylic acids is 1. The van der Waals surface area contributed by atoms with Crippen molar-refractivity contribution in [3.05, 3.63) is 24.3 Å². The molecular formula is C38H74BNO6. The van der Waals surface area contributed by atoms with Gasteiger partial charge in [0.05, 0.1) is 6.54 Å². The van der Waals surface area contributed by atoms with Crippen molar-refractivity contribution in [1.82, 2.24) is 0 Å². The van der Waals surface area contributed by atoms with E-state index in [1.807, 2.05) is 6.08 Å². The summed E-state index contributed by atoms with van der Waals surface area (Å²) in [6.45, 7) is 6.14. The van der Waals surface area contributed by atoms with Crippen molar-refractivity contribution in [2.75, 3.05) is 13.2 Å². The van der Waals surface area contributed by atoms with Gasteiger partial charge in [-0.3, -0.25) is 4.79 Å². The molecule has 0 saturated heterocycles. The van der Waals surface area contributed by atoms with E-state index in [0.29, 0.717) is 6.42 Å². The maximum Gasteiger partial charge on any atom is 0.631 e. The molecule has 0 aliphatic carbocycles. The second-order valence-corrected chi connectivity index (χ2v) is 12.6. The van der Waals surface area contributed by atoms with Gasteiger partial charge in [0.15, 0.2) is 0 Å². The van der Waals surface area contributed by atoms with Gasteiger partial charge in [0.1, 0.15) is 6.61 Å². The molecule has 0 atom stereocenters. The third-order valence-electron chi connectivity index (χ3n) is 8.00. The molecule has 270 valence electrons. The number of allylic oxidation sites excluding steroid dienone is 3. The Labute approximate surface area is 284 Å². The highest BCUT2D eigenvalue weighted by Gasteiger charge is 2.01. The topological polar surface area (TPSA) is 120 Å². The van der Waals surface area contributed by atoms with E-state index in [0.717, 1.165) is 31.9 Å². The Hall–Kier alpha value is -1.64. The standard InChI is InChI=1S/C20H37NO.C18H34O2.BH3O3/c1-2-3-4-5-6-7-8-9-10-11-12-13-14-15-16-17-20-21-18-19-22-20;1-2-3-4-5-6-7-8-9-10-11-12-13-14-15-16-17-18(19)20;2-1(3)4/h16-17H,2-15,18-19H2,1H3;9-10H,2-8,11-17H2,1H3,(H,19,20);2-4H/b;10-9-;. The second kappa shape index (κ2) is 41.4. The summed E-state index contributed by atoms with van der Waals surface area (Å²) in [5.41, 5.74) is 0. The van der Waals surface area contributed by atoms with Gasteiger partial charge in [0.25, 0.3) is 0 Å². The summed E-state index contributed by atoms with van der Waals surface area (Å²) in [6.07, 6.45) is 45.1. The van der Waals surface area contributed by atoms with Gasteiger partial charge in [-0.15, -0.1) is 0 Å². The zero-order chi connectivity index (χ0) is 34.2. The fourth-order valence-corrected chi connectivity index (χ4v) is 5.26. The third-order valence-corrected chi connectivity index (χ3v) is 8.00. The average molecular weight is 652 g/mol. The van der Waals surface area contributed by atoms with E-state index in [9.17, 15) is 4.79 Å². The van der Waals surface area contributed by atoms with E-state index in [-0.39, 0.29) is 0 Å². The van der Waals surface area contributed by atoms with Crippen LogP contribution in [-0.4, -0.2) is 52.5 Å². The molecule has 0 aromatic carbocycles. The highest BCUT2D eigenvalue weighted by Crippen LogP contribution is 2.13. The van der Waals surface area contributed by atoms with E-state index in [2.05, 4.69) is 37.1 Å². The molecule has 8 heteroatoms. The van der Waals surface area contributed by atoms with E-state index in [1.165, 1.54) is 161 Å². The van der Waals surface area contributed by atoms with E-state index in [4.69, 9.17) is 24.9 Å². The molecule has 0 spiro atoms. The van der Waals surface area contributed by atoms with Gasteiger partial charge < -0.3 is 24.9 Å². The number of carbonyl (C=O) groups is 1. The summed E-state index contributed by atoms with van der Waals surface area (Å²) >= 11 is 0. The summed E-state index contributed by atoms with van der Waals surface area (Å²) < 4.78 is 5.34. The van der Waals surface area contributed by atoms with Crippen molar-refractivity contribution >= 4 is 19.2 Å². The highest BCUT2D eigenvalue weighted by molar-refractivity contribution is 6.30. The molecule has 0 radical (unpaired) electrons. The summed E-state index contributed by atoms with van der Waals surface area (Å²) in [7, 11) is -2.17. The maximum atomic E-state index is 10.3. The minimum atomic E-state index is -2.17. The monoisotopic (exact) mass is 652 g/mol. The molecule has 1 heterocycles. The molecule has 0 amide bonds. The lowest BCUT2D eigenvalue weighted by atomic mass is 10.0. The Kier molecular flexibility index (Phi) is 41.8. The lowest BCUT2D eigenvalue weighted by molar-refractivity contribution is -0.137. The van der Waals surface area contributed by atoms with Crippen molar-refractivity contribution in [3.63, 3.8) is 0 Å². The van der Waals surface area contributed by atoms with E-state index < -0.39 is 13.3 Å². The number of rotatable bonds is 30.